The molecule has 0 fully saturated rings. The van der Waals surface area contributed by atoms with E-state index in [0.29, 0.717) is 61.3 Å². The molecule has 0 saturated heterocycles. The van der Waals surface area contributed by atoms with Gasteiger partial charge < -0.3 is 14.2 Å². The summed E-state index contributed by atoms with van der Waals surface area (Å²) in [6, 6.07) is 18.1. The molecular formula is C27H22ClN3O4. The minimum Gasteiger partial charge on any atom is -0.497 e. The Morgan fingerprint density at radius 1 is 0.829 bits per heavy atom. The summed E-state index contributed by atoms with van der Waals surface area (Å²) in [5.41, 5.74) is 2.82. The number of aromatic nitrogens is 3. The molecule has 35 heavy (non-hydrogen) atoms. The molecule has 0 aliphatic carbocycles. The number of nitrogens with zero attached hydrogens (tertiary/aromatic N) is 3. The van der Waals surface area contributed by atoms with E-state index in [1.807, 2.05) is 30.3 Å². The summed E-state index contributed by atoms with van der Waals surface area (Å²) in [5.74, 6) is 2.21. The fourth-order valence-corrected chi connectivity index (χ4v) is 4.35. The summed E-state index contributed by atoms with van der Waals surface area (Å²) in [6.45, 7) is 1.78. The summed E-state index contributed by atoms with van der Waals surface area (Å²) in [5, 5.41) is 1.68. The standard InChI is InChI=1S/C27H22ClN3O4/c1-15-29-26-24(27(32)31(15)22-14-19(34-3)10-12-23(22)35-4)20-13-18(33-2)9-11-21(20)30-25(26)16-5-7-17(28)8-6-16/h5-14H,1-4H3. The van der Waals surface area contributed by atoms with Crippen LogP contribution in [0.15, 0.2) is 65.5 Å². The van der Waals surface area contributed by atoms with E-state index < -0.39 is 0 Å². The number of aryl methyl sites for hydroxylation is 1. The lowest BCUT2D eigenvalue weighted by molar-refractivity contribution is 0.401. The Hall–Kier alpha value is -4.10. The van der Waals surface area contributed by atoms with E-state index in [4.69, 9.17) is 35.8 Å². The van der Waals surface area contributed by atoms with Gasteiger partial charge >= 0.3 is 0 Å². The molecule has 0 spiro atoms. The normalized spacial score (nSPS) is 11.1. The first-order valence-corrected chi connectivity index (χ1v) is 11.2. The molecule has 2 aromatic heterocycles. The van der Waals surface area contributed by atoms with Crippen molar-refractivity contribution in [1.29, 1.82) is 0 Å². The molecule has 2 heterocycles. The van der Waals surface area contributed by atoms with Crippen molar-refractivity contribution in [2.75, 3.05) is 21.3 Å². The van der Waals surface area contributed by atoms with Crippen LogP contribution in [0.2, 0.25) is 5.02 Å². The molecule has 0 N–H and O–H groups in total. The highest BCUT2D eigenvalue weighted by Crippen LogP contribution is 2.34. The van der Waals surface area contributed by atoms with Gasteiger partial charge in [-0.25, -0.2) is 9.97 Å². The van der Waals surface area contributed by atoms with Crippen molar-refractivity contribution in [3.8, 4) is 34.2 Å². The van der Waals surface area contributed by atoms with Gasteiger partial charge in [-0.3, -0.25) is 9.36 Å². The largest absolute Gasteiger partial charge is 0.497 e. The number of hydrogen-bond acceptors (Lipinski definition) is 6. The minimum absolute atomic E-state index is 0.255. The molecule has 0 radical (unpaired) electrons. The molecule has 8 heteroatoms. The van der Waals surface area contributed by atoms with E-state index in [2.05, 4.69) is 0 Å². The first kappa shape index (κ1) is 22.7. The predicted octanol–water partition coefficient (Wildman–Crippen LogP) is 5.59. The molecule has 7 nitrogen and oxygen atoms in total. The molecule has 5 rings (SSSR count). The Kier molecular flexibility index (Phi) is 5.78. The fraction of sp³-hybridized carbons (Fsp3) is 0.148. The van der Waals surface area contributed by atoms with Gasteiger partial charge in [0, 0.05) is 22.0 Å². The molecule has 0 amide bonds. The average molecular weight is 488 g/mol. The average Bonchev–Trinajstić information content (AvgIpc) is 2.88. The maximum absolute atomic E-state index is 14.2. The molecule has 0 saturated carbocycles. The summed E-state index contributed by atoms with van der Waals surface area (Å²) < 4.78 is 17.9. The van der Waals surface area contributed by atoms with E-state index in [9.17, 15) is 4.79 Å². The number of hydrogen-bond donors (Lipinski definition) is 0. The SMILES string of the molecule is COc1ccc(OC)c(-n2c(C)nc3c(-c4ccc(Cl)cc4)nc4ccc(OC)cc4c3c2=O)c1. The Bertz CT molecular complexity index is 1650. The van der Waals surface area contributed by atoms with Gasteiger partial charge in [0.2, 0.25) is 0 Å². The zero-order valence-corrected chi connectivity index (χ0v) is 20.4. The van der Waals surface area contributed by atoms with Crippen molar-refractivity contribution in [3.05, 3.63) is 81.9 Å². The van der Waals surface area contributed by atoms with E-state index >= 15 is 0 Å². The van der Waals surface area contributed by atoms with E-state index in [1.54, 1.807) is 58.6 Å². The van der Waals surface area contributed by atoms with Crippen LogP contribution in [-0.4, -0.2) is 35.9 Å². The highest BCUT2D eigenvalue weighted by atomic mass is 35.5. The number of halogens is 1. The van der Waals surface area contributed by atoms with Gasteiger partial charge in [-0.2, -0.15) is 0 Å². The molecule has 0 bridgehead atoms. The summed E-state index contributed by atoms with van der Waals surface area (Å²) in [6.07, 6.45) is 0. The minimum atomic E-state index is -0.255. The zero-order chi connectivity index (χ0) is 24.7. The summed E-state index contributed by atoms with van der Waals surface area (Å²) in [4.78, 5) is 24.0. The number of methoxy groups -OCH3 is 3. The van der Waals surface area contributed by atoms with Crippen LogP contribution in [0.4, 0.5) is 0 Å². The predicted molar refractivity (Wildman–Crippen MR) is 137 cm³/mol. The van der Waals surface area contributed by atoms with Crippen molar-refractivity contribution in [3.63, 3.8) is 0 Å². The number of ether oxygens (including phenoxy) is 3. The van der Waals surface area contributed by atoms with Crippen LogP contribution in [-0.2, 0) is 0 Å². The molecule has 0 unspecified atom stereocenters. The molecule has 3 aromatic carbocycles. The first-order chi connectivity index (χ1) is 16.9. The lowest BCUT2D eigenvalue weighted by Gasteiger charge is -2.17. The third-order valence-corrected chi connectivity index (χ3v) is 6.18. The Morgan fingerprint density at radius 2 is 1.51 bits per heavy atom. The third-order valence-electron chi connectivity index (χ3n) is 5.93. The maximum Gasteiger partial charge on any atom is 0.266 e. The van der Waals surface area contributed by atoms with Crippen molar-refractivity contribution >= 4 is 33.4 Å². The summed E-state index contributed by atoms with van der Waals surface area (Å²) in [7, 11) is 4.72. The number of pyridine rings is 1. The number of benzene rings is 3. The topological polar surface area (TPSA) is 75.5 Å². The second-order valence-corrected chi connectivity index (χ2v) is 8.35. The highest BCUT2D eigenvalue weighted by molar-refractivity contribution is 6.30. The lowest BCUT2D eigenvalue weighted by atomic mass is 10.0. The first-order valence-electron chi connectivity index (χ1n) is 10.8. The van der Waals surface area contributed by atoms with Crippen LogP contribution in [0.25, 0.3) is 38.8 Å². The third kappa shape index (κ3) is 3.84. The molecule has 5 aromatic rings. The molecule has 0 atom stereocenters. The number of fused-ring (bicyclic) bond motifs is 3. The maximum atomic E-state index is 14.2. The van der Waals surface area contributed by atoms with E-state index in [1.165, 1.54) is 4.57 Å². The Labute approximate surface area is 206 Å². The van der Waals surface area contributed by atoms with E-state index in [0.717, 1.165) is 5.56 Å². The lowest BCUT2D eigenvalue weighted by Crippen LogP contribution is -2.23. The molecular weight excluding hydrogens is 466 g/mol. The monoisotopic (exact) mass is 487 g/mol. The van der Waals surface area contributed by atoms with Gasteiger partial charge in [-0.1, -0.05) is 23.7 Å². The quantitative estimate of drug-likeness (QED) is 0.301. The molecule has 176 valence electrons. The second kappa shape index (κ2) is 8.92. The Morgan fingerprint density at radius 3 is 2.20 bits per heavy atom. The van der Waals surface area contributed by atoms with Crippen molar-refractivity contribution in [1.82, 2.24) is 14.5 Å². The van der Waals surface area contributed by atoms with Gasteiger partial charge in [0.05, 0.1) is 43.6 Å². The van der Waals surface area contributed by atoms with Crippen molar-refractivity contribution in [2.45, 2.75) is 6.92 Å². The molecule has 0 aliphatic rings. The van der Waals surface area contributed by atoms with Crippen LogP contribution in [0.3, 0.4) is 0 Å². The van der Waals surface area contributed by atoms with Crippen LogP contribution in [0.1, 0.15) is 5.82 Å². The van der Waals surface area contributed by atoms with Gasteiger partial charge in [-0.15, -0.1) is 0 Å². The highest BCUT2D eigenvalue weighted by Gasteiger charge is 2.21. The van der Waals surface area contributed by atoms with Crippen LogP contribution in [0.5, 0.6) is 17.2 Å². The van der Waals surface area contributed by atoms with Crippen molar-refractivity contribution in [2.24, 2.45) is 0 Å². The summed E-state index contributed by atoms with van der Waals surface area (Å²) >= 11 is 6.11. The zero-order valence-electron chi connectivity index (χ0n) is 19.6. The van der Waals surface area contributed by atoms with Crippen LogP contribution in [0, 0.1) is 6.92 Å². The van der Waals surface area contributed by atoms with Gasteiger partial charge in [-0.05, 0) is 49.4 Å². The fourth-order valence-electron chi connectivity index (χ4n) is 4.22. The van der Waals surface area contributed by atoms with Gasteiger partial charge in [0.15, 0.2) is 0 Å². The van der Waals surface area contributed by atoms with Gasteiger partial charge in [0.1, 0.15) is 28.6 Å². The van der Waals surface area contributed by atoms with E-state index in [-0.39, 0.29) is 5.56 Å². The molecule has 0 aliphatic heterocycles. The Balaban J connectivity index is 1.95. The van der Waals surface area contributed by atoms with Crippen LogP contribution < -0.4 is 19.8 Å². The van der Waals surface area contributed by atoms with Crippen LogP contribution >= 0.6 is 11.6 Å². The number of rotatable bonds is 5. The second-order valence-electron chi connectivity index (χ2n) is 7.91. The van der Waals surface area contributed by atoms with Crippen molar-refractivity contribution < 1.29 is 14.2 Å². The smallest absolute Gasteiger partial charge is 0.266 e. The van der Waals surface area contributed by atoms with Gasteiger partial charge in [0.25, 0.3) is 5.56 Å².